The zero-order chi connectivity index (χ0) is 23.9. The number of phenols is 1. The van der Waals surface area contributed by atoms with Crippen LogP contribution in [0.4, 0.5) is 11.6 Å². The van der Waals surface area contributed by atoms with Gasteiger partial charge in [0.05, 0.1) is 18.0 Å². The molecule has 0 aliphatic carbocycles. The first-order valence-corrected chi connectivity index (χ1v) is 11.2. The van der Waals surface area contributed by atoms with Crippen molar-refractivity contribution in [2.45, 2.75) is 6.54 Å². The van der Waals surface area contributed by atoms with Gasteiger partial charge in [-0.2, -0.15) is 15.1 Å². The van der Waals surface area contributed by atoms with Gasteiger partial charge in [0.2, 0.25) is 5.95 Å². The molecule has 1 aliphatic heterocycles. The molecule has 1 fully saturated rings. The van der Waals surface area contributed by atoms with Crippen LogP contribution in [0.15, 0.2) is 61.1 Å². The van der Waals surface area contributed by atoms with Crippen LogP contribution in [0, 0.1) is 0 Å². The van der Waals surface area contributed by atoms with Crippen molar-refractivity contribution in [2.24, 2.45) is 0 Å². The van der Waals surface area contributed by atoms with Crippen LogP contribution in [-0.2, 0) is 11.3 Å². The van der Waals surface area contributed by atoms with E-state index in [1.165, 1.54) is 10.9 Å². The van der Waals surface area contributed by atoms with E-state index < -0.39 is 5.97 Å². The zero-order valence-corrected chi connectivity index (χ0v) is 18.7. The van der Waals surface area contributed by atoms with Gasteiger partial charge < -0.3 is 24.6 Å². The van der Waals surface area contributed by atoms with Crippen LogP contribution in [0.2, 0.25) is 0 Å². The number of benzene rings is 2. The van der Waals surface area contributed by atoms with Crippen LogP contribution >= 0.6 is 0 Å². The maximum atomic E-state index is 11.4. The van der Waals surface area contributed by atoms with Crippen molar-refractivity contribution in [2.75, 3.05) is 36.0 Å². The summed E-state index contributed by atoms with van der Waals surface area (Å²) < 4.78 is 3.25. The molecule has 5 aromatic rings. The van der Waals surface area contributed by atoms with Gasteiger partial charge in [0.25, 0.3) is 0 Å². The van der Waals surface area contributed by atoms with Gasteiger partial charge >= 0.3 is 5.97 Å². The summed E-state index contributed by atoms with van der Waals surface area (Å²) in [5.41, 5.74) is 2.87. The summed E-state index contributed by atoms with van der Waals surface area (Å²) in [4.78, 5) is 29.8. The molecule has 176 valence electrons. The maximum Gasteiger partial charge on any atom is 0.323 e. The molecule has 2 aromatic carbocycles. The molecule has 0 spiro atoms. The Bertz CT molecular complexity index is 1530. The Morgan fingerprint density at radius 2 is 1.69 bits per heavy atom. The molecule has 0 atom stereocenters. The van der Waals surface area contributed by atoms with Crippen molar-refractivity contribution < 1.29 is 15.0 Å². The number of aliphatic carboxylic acids is 1. The van der Waals surface area contributed by atoms with E-state index in [4.69, 9.17) is 9.97 Å². The predicted octanol–water partition coefficient (Wildman–Crippen LogP) is 2.28. The summed E-state index contributed by atoms with van der Waals surface area (Å²) in [7, 11) is 0. The smallest absolute Gasteiger partial charge is 0.323 e. The second-order valence-corrected chi connectivity index (χ2v) is 8.39. The normalized spacial score (nSPS) is 14.2. The van der Waals surface area contributed by atoms with Gasteiger partial charge in [-0.3, -0.25) is 4.79 Å². The highest BCUT2D eigenvalue weighted by molar-refractivity contribution is 5.86. The molecule has 35 heavy (non-hydrogen) atoms. The highest BCUT2D eigenvalue weighted by Crippen LogP contribution is 2.26. The van der Waals surface area contributed by atoms with Gasteiger partial charge in [0, 0.05) is 37.3 Å². The minimum absolute atomic E-state index is 0.241. The monoisotopic (exact) mass is 470 g/mol. The largest absolute Gasteiger partial charge is 0.508 e. The van der Waals surface area contributed by atoms with E-state index in [2.05, 4.69) is 19.9 Å². The lowest BCUT2D eigenvalue weighted by Gasteiger charge is -2.36. The molecule has 6 rings (SSSR count). The molecule has 4 heterocycles. The van der Waals surface area contributed by atoms with Crippen LogP contribution in [0.25, 0.3) is 27.9 Å². The molecule has 0 saturated carbocycles. The number of phenolic OH excluding ortho intramolecular Hbond substituents is 1. The number of fused-ring (bicyclic) bond motifs is 2. The highest BCUT2D eigenvalue weighted by atomic mass is 16.4. The minimum Gasteiger partial charge on any atom is -0.508 e. The van der Waals surface area contributed by atoms with Gasteiger partial charge in [-0.05, 0) is 30.3 Å². The van der Waals surface area contributed by atoms with E-state index in [0.717, 1.165) is 29.7 Å². The topological polar surface area (TPSA) is 125 Å². The number of nitrogens with zero attached hydrogens (tertiary/aromatic N) is 8. The minimum atomic E-state index is -0.974. The first kappa shape index (κ1) is 20.9. The first-order valence-electron chi connectivity index (χ1n) is 11.2. The standard InChI is InChI=1S/C24H22N8O3/c33-18-7-5-17(6-8-18)29-9-11-30(12-10-29)24-27-22-21(25-15-31(22)14-20(34)35)23(28-24)32-19-4-2-1-3-16(19)13-26-32/h1-8,13,15,33H,9-12,14H2,(H,34,35). The Morgan fingerprint density at radius 1 is 0.943 bits per heavy atom. The molecule has 1 saturated heterocycles. The third-order valence-corrected chi connectivity index (χ3v) is 6.19. The van der Waals surface area contributed by atoms with Gasteiger partial charge in [-0.25, -0.2) is 9.67 Å². The molecule has 2 N–H and O–H groups in total. The Hall–Kier alpha value is -4.67. The number of aromatic nitrogens is 6. The lowest BCUT2D eigenvalue weighted by Crippen LogP contribution is -2.47. The maximum absolute atomic E-state index is 11.4. The molecule has 0 unspecified atom stereocenters. The first-order chi connectivity index (χ1) is 17.1. The number of hydrogen-bond acceptors (Lipinski definition) is 8. The molecular weight excluding hydrogens is 448 g/mol. The van der Waals surface area contributed by atoms with E-state index in [1.807, 2.05) is 36.4 Å². The number of carboxylic acids is 1. The van der Waals surface area contributed by atoms with Crippen LogP contribution in [0.5, 0.6) is 5.75 Å². The Balaban J connectivity index is 1.39. The van der Waals surface area contributed by atoms with E-state index in [1.54, 1.807) is 23.0 Å². The summed E-state index contributed by atoms with van der Waals surface area (Å²) in [6.45, 7) is 2.61. The second kappa shape index (κ2) is 8.28. The van der Waals surface area contributed by atoms with Crippen LogP contribution in [0.1, 0.15) is 0 Å². The molecule has 3 aromatic heterocycles. The Morgan fingerprint density at radius 3 is 2.46 bits per heavy atom. The summed E-state index contributed by atoms with van der Waals surface area (Å²) in [6.07, 6.45) is 3.25. The Kier molecular flexibility index (Phi) is 4.94. The van der Waals surface area contributed by atoms with Crippen molar-refractivity contribution >= 4 is 39.7 Å². The number of para-hydroxylation sites is 1. The third-order valence-electron chi connectivity index (χ3n) is 6.19. The van der Waals surface area contributed by atoms with E-state index in [0.29, 0.717) is 36.0 Å². The average Bonchev–Trinajstić information content (AvgIpc) is 3.48. The van der Waals surface area contributed by atoms with Gasteiger partial charge in [-0.1, -0.05) is 18.2 Å². The molecule has 0 bridgehead atoms. The fraction of sp³-hybridized carbons (Fsp3) is 0.208. The number of anilines is 2. The number of carbonyl (C=O) groups is 1. The third kappa shape index (κ3) is 3.76. The van der Waals surface area contributed by atoms with E-state index in [9.17, 15) is 15.0 Å². The van der Waals surface area contributed by atoms with Crippen molar-refractivity contribution in [3.8, 4) is 11.6 Å². The van der Waals surface area contributed by atoms with Crippen molar-refractivity contribution in [1.82, 2.24) is 29.3 Å². The molecule has 0 amide bonds. The molecule has 11 heteroatoms. The number of carboxylic acid groups (broad SMARTS) is 1. The molecule has 11 nitrogen and oxygen atoms in total. The van der Waals surface area contributed by atoms with Crippen LogP contribution in [-0.4, -0.2) is 71.7 Å². The molecule has 0 radical (unpaired) electrons. The van der Waals surface area contributed by atoms with E-state index >= 15 is 0 Å². The summed E-state index contributed by atoms with van der Waals surface area (Å²) >= 11 is 0. The average molecular weight is 470 g/mol. The number of rotatable bonds is 5. The van der Waals surface area contributed by atoms with Gasteiger partial charge in [0.15, 0.2) is 17.0 Å². The van der Waals surface area contributed by atoms with Crippen molar-refractivity contribution in [1.29, 1.82) is 0 Å². The quantitative estimate of drug-likeness (QED) is 0.398. The van der Waals surface area contributed by atoms with Gasteiger partial charge in [-0.15, -0.1) is 0 Å². The zero-order valence-electron chi connectivity index (χ0n) is 18.7. The van der Waals surface area contributed by atoms with Crippen LogP contribution < -0.4 is 9.80 Å². The summed E-state index contributed by atoms with van der Waals surface area (Å²) in [5.74, 6) is 0.282. The van der Waals surface area contributed by atoms with E-state index in [-0.39, 0.29) is 12.3 Å². The SMILES string of the molecule is O=C(O)Cn1cnc2c(-n3ncc4ccccc43)nc(N3CCN(c4ccc(O)cc4)CC3)nc21. The molecule has 1 aliphatic rings. The second-order valence-electron chi connectivity index (χ2n) is 8.39. The lowest BCUT2D eigenvalue weighted by atomic mass is 10.2. The highest BCUT2D eigenvalue weighted by Gasteiger charge is 2.24. The number of piperazine rings is 1. The number of hydrogen-bond donors (Lipinski definition) is 2. The fourth-order valence-corrected chi connectivity index (χ4v) is 4.44. The fourth-order valence-electron chi connectivity index (χ4n) is 4.44. The van der Waals surface area contributed by atoms with Crippen LogP contribution in [0.3, 0.4) is 0 Å². The van der Waals surface area contributed by atoms with Crippen molar-refractivity contribution in [3.63, 3.8) is 0 Å². The summed E-state index contributed by atoms with van der Waals surface area (Å²) in [5, 5.41) is 24.4. The lowest BCUT2D eigenvalue weighted by molar-refractivity contribution is -0.137. The molecular formula is C24H22N8O3. The number of aromatic hydroxyl groups is 1. The number of imidazole rings is 1. The van der Waals surface area contributed by atoms with Gasteiger partial charge in [0.1, 0.15) is 12.3 Å². The summed E-state index contributed by atoms with van der Waals surface area (Å²) in [6, 6.07) is 15.0. The van der Waals surface area contributed by atoms with Crippen molar-refractivity contribution in [3.05, 3.63) is 61.1 Å². The predicted molar refractivity (Wildman–Crippen MR) is 130 cm³/mol. The Labute approximate surface area is 199 Å².